The molecule has 6 aromatic carbocycles. The zero-order valence-corrected chi connectivity index (χ0v) is 22.8. The maximum atomic E-state index is 7.66. The smallest absolute Gasteiger partial charge is 0.252 e. The quantitative estimate of drug-likeness (QED) is 0.153. The SMILES string of the molecule is [C-]#[N+]c1cccc(-c2cc3c4c(c2)N2c5ccccc5Oc5cccc(c52)B4c2cccc4c2N3c2ccccc2O4)c1. The van der Waals surface area contributed by atoms with Crippen molar-refractivity contribution in [3.05, 3.63) is 133 Å². The predicted molar refractivity (Wildman–Crippen MR) is 172 cm³/mol. The minimum absolute atomic E-state index is 0.0197. The van der Waals surface area contributed by atoms with E-state index in [2.05, 4.69) is 93.5 Å². The molecular formula is C37H20BN3O2. The van der Waals surface area contributed by atoms with Crippen LogP contribution in [0.3, 0.4) is 0 Å². The van der Waals surface area contributed by atoms with E-state index in [-0.39, 0.29) is 6.71 Å². The van der Waals surface area contributed by atoms with Gasteiger partial charge in [-0.3, -0.25) is 0 Å². The zero-order chi connectivity index (χ0) is 28.2. The second kappa shape index (κ2) is 8.09. The highest BCUT2D eigenvalue weighted by Gasteiger charge is 2.47. The Morgan fingerprint density at radius 2 is 1.05 bits per heavy atom. The van der Waals surface area contributed by atoms with Gasteiger partial charge in [-0.1, -0.05) is 66.7 Å². The largest absolute Gasteiger partial charge is 0.453 e. The Kier molecular flexibility index (Phi) is 4.28. The second-order valence-corrected chi connectivity index (χ2v) is 11.2. The predicted octanol–water partition coefficient (Wildman–Crippen LogP) is 8.20. The molecule has 0 radical (unpaired) electrons. The Labute approximate surface area is 248 Å². The third-order valence-corrected chi connectivity index (χ3v) is 9.00. The van der Waals surface area contributed by atoms with E-state index in [0.29, 0.717) is 5.69 Å². The molecule has 4 heterocycles. The lowest BCUT2D eigenvalue weighted by Crippen LogP contribution is -2.61. The molecule has 5 nitrogen and oxygen atoms in total. The molecule has 0 amide bonds. The second-order valence-electron chi connectivity index (χ2n) is 11.2. The fraction of sp³-hybridized carbons (Fsp3) is 0. The van der Waals surface area contributed by atoms with Crippen LogP contribution in [-0.4, -0.2) is 6.71 Å². The molecule has 0 spiro atoms. The fourth-order valence-electron chi connectivity index (χ4n) is 7.31. The molecule has 0 N–H and O–H groups in total. The Balaban J connectivity index is 1.37. The Morgan fingerprint density at radius 1 is 0.512 bits per heavy atom. The highest BCUT2D eigenvalue weighted by Crippen LogP contribution is 2.56. The molecule has 4 aliphatic rings. The van der Waals surface area contributed by atoms with Crippen molar-refractivity contribution >= 4 is 62.9 Å². The maximum Gasteiger partial charge on any atom is 0.252 e. The van der Waals surface area contributed by atoms with E-state index < -0.39 is 0 Å². The average molecular weight is 549 g/mol. The zero-order valence-electron chi connectivity index (χ0n) is 22.8. The van der Waals surface area contributed by atoms with Crippen LogP contribution in [0.4, 0.5) is 39.8 Å². The van der Waals surface area contributed by atoms with Crippen LogP contribution >= 0.6 is 0 Å². The van der Waals surface area contributed by atoms with Gasteiger partial charge in [-0.15, -0.1) is 0 Å². The van der Waals surface area contributed by atoms with Crippen molar-refractivity contribution in [1.82, 2.24) is 0 Å². The lowest BCUT2D eigenvalue weighted by atomic mass is 9.33. The van der Waals surface area contributed by atoms with E-state index in [0.717, 1.165) is 68.2 Å². The Hall–Kier alpha value is -5.93. The number of ether oxygens (including phenoxy) is 2. The standard InChI is InChI=1S/C37H20BN3O2/c1-39-24-10-6-9-22(19-24)23-20-29-35-30(21-23)41-28-14-3-5-16-32(28)43-34-18-8-12-26(37(34)41)38(35)25-11-7-17-33-36(25)40(29)27-13-2-4-15-31(27)42-33/h2-21H. The molecule has 0 saturated carbocycles. The van der Waals surface area contributed by atoms with E-state index in [1.165, 1.54) is 16.4 Å². The van der Waals surface area contributed by atoms with Gasteiger partial charge in [0.05, 0.1) is 29.3 Å². The number of para-hydroxylation sites is 6. The van der Waals surface area contributed by atoms with Crippen molar-refractivity contribution in [3.63, 3.8) is 0 Å². The van der Waals surface area contributed by atoms with Crippen LogP contribution in [0, 0.1) is 6.57 Å². The topological polar surface area (TPSA) is 29.3 Å². The van der Waals surface area contributed by atoms with Crippen LogP contribution in [0.5, 0.6) is 23.0 Å². The number of hydrogen-bond acceptors (Lipinski definition) is 4. The van der Waals surface area contributed by atoms with Gasteiger partial charge in [0.15, 0.2) is 28.7 Å². The molecule has 6 heteroatoms. The molecule has 0 aromatic heterocycles. The lowest BCUT2D eigenvalue weighted by Gasteiger charge is -2.47. The van der Waals surface area contributed by atoms with Crippen LogP contribution < -0.4 is 35.7 Å². The van der Waals surface area contributed by atoms with Crippen molar-refractivity contribution in [2.45, 2.75) is 0 Å². The molecule has 0 aliphatic carbocycles. The van der Waals surface area contributed by atoms with Gasteiger partial charge in [-0.05, 0) is 82.1 Å². The molecule has 0 fully saturated rings. The van der Waals surface area contributed by atoms with Crippen LogP contribution in [0.1, 0.15) is 0 Å². The van der Waals surface area contributed by atoms with E-state index in [1.807, 2.05) is 42.5 Å². The summed E-state index contributed by atoms with van der Waals surface area (Å²) in [6, 6.07) is 41.8. The van der Waals surface area contributed by atoms with Gasteiger partial charge in [-0.2, -0.15) is 0 Å². The number of hydrogen-bond donors (Lipinski definition) is 0. The highest BCUT2D eigenvalue weighted by molar-refractivity contribution is 7.00. The average Bonchev–Trinajstić information content (AvgIpc) is 3.06. The van der Waals surface area contributed by atoms with Gasteiger partial charge in [-0.25, -0.2) is 4.85 Å². The van der Waals surface area contributed by atoms with Crippen LogP contribution in [0.25, 0.3) is 16.0 Å². The molecule has 4 aliphatic heterocycles. The summed E-state index contributed by atoms with van der Waals surface area (Å²) in [5.74, 6) is 3.35. The van der Waals surface area contributed by atoms with Gasteiger partial charge in [0.1, 0.15) is 0 Å². The third kappa shape index (κ3) is 2.91. The van der Waals surface area contributed by atoms with E-state index >= 15 is 0 Å². The minimum atomic E-state index is -0.0197. The van der Waals surface area contributed by atoms with Gasteiger partial charge < -0.3 is 19.3 Å². The summed E-state index contributed by atoms with van der Waals surface area (Å²) in [5.41, 5.74) is 12.7. The van der Waals surface area contributed by atoms with Crippen LogP contribution in [-0.2, 0) is 0 Å². The molecular weight excluding hydrogens is 529 g/mol. The van der Waals surface area contributed by atoms with Crippen molar-refractivity contribution in [3.8, 4) is 34.1 Å². The van der Waals surface area contributed by atoms with Gasteiger partial charge >= 0.3 is 0 Å². The normalized spacial score (nSPS) is 13.8. The Bertz CT molecular complexity index is 2130. The van der Waals surface area contributed by atoms with Crippen molar-refractivity contribution in [2.75, 3.05) is 9.80 Å². The molecule has 0 bridgehead atoms. The van der Waals surface area contributed by atoms with Gasteiger partial charge in [0.25, 0.3) is 6.71 Å². The first-order valence-corrected chi connectivity index (χ1v) is 14.3. The molecule has 0 unspecified atom stereocenters. The first-order chi connectivity index (χ1) is 21.3. The number of fused-ring (bicyclic) bond motifs is 8. The molecule has 198 valence electrons. The number of nitrogens with zero attached hydrogens (tertiary/aromatic N) is 3. The number of anilines is 6. The summed E-state index contributed by atoms with van der Waals surface area (Å²) in [6.45, 7) is 7.64. The number of rotatable bonds is 1. The maximum absolute atomic E-state index is 7.66. The molecule has 6 aromatic rings. The number of benzene rings is 6. The molecule has 43 heavy (non-hydrogen) atoms. The Morgan fingerprint density at radius 3 is 1.63 bits per heavy atom. The molecule has 0 saturated heterocycles. The van der Waals surface area contributed by atoms with Crippen molar-refractivity contribution in [2.24, 2.45) is 0 Å². The summed E-state index contributed by atoms with van der Waals surface area (Å²) in [5, 5.41) is 0. The minimum Gasteiger partial charge on any atom is -0.453 e. The summed E-state index contributed by atoms with van der Waals surface area (Å²) < 4.78 is 13.1. The third-order valence-electron chi connectivity index (χ3n) is 9.00. The summed E-state index contributed by atoms with van der Waals surface area (Å²) >= 11 is 0. The monoisotopic (exact) mass is 549 g/mol. The van der Waals surface area contributed by atoms with Crippen molar-refractivity contribution in [1.29, 1.82) is 0 Å². The summed E-state index contributed by atoms with van der Waals surface area (Å²) in [7, 11) is 0. The first kappa shape index (κ1) is 22.7. The van der Waals surface area contributed by atoms with E-state index in [9.17, 15) is 0 Å². The highest BCUT2D eigenvalue weighted by atomic mass is 16.5. The summed E-state index contributed by atoms with van der Waals surface area (Å²) in [4.78, 5) is 8.48. The van der Waals surface area contributed by atoms with Gasteiger partial charge in [0, 0.05) is 11.4 Å². The van der Waals surface area contributed by atoms with Crippen LogP contribution in [0.15, 0.2) is 121 Å². The van der Waals surface area contributed by atoms with E-state index in [4.69, 9.17) is 16.0 Å². The molecule has 0 atom stereocenters. The lowest BCUT2D eigenvalue weighted by molar-refractivity contribution is 0.477. The van der Waals surface area contributed by atoms with E-state index in [1.54, 1.807) is 0 Å². The summed E-state index contributed by atoms with van der Waals surface area (Å²) in [6.07, 6.45) is 0. The van der Waals surface area contributed by atoms with Crippen molar-refractivity contribution < 1.29 is 9.47 Å². The first-order valence-electron chi connectivity index (χ1n) is 14.3. The van der Waals surface area contributed by atoms with Gasteiger partial charge in [0.2, 0.25) is 0 Å². The molecule has 10 rings (SSSR count). The fourth-order valence-corrected chi connectivity index (χ4v) is 7.31. The van der Waals surface area contributed by atoms with Crippen LogP contribution in [0.2, 0.25) is 0 Å².